The lowest BCUT2D eigenvalue weighted by atomic mass is 10.1. The van der Waals surface area contributed by atoms with E-state index < -0.39 is 5.54 Å². The molecule has 1 amide bonds. The van der Waals surface area contributed by atoms with Gasteiger partial charge in [0.15, 0.2) is 0 Å². The van der Waals surface area contributed by atoms with Crippen molar-refractivity contribution in [2.75, 3.05) is 19.8 Å². The highest BCUT2D eigenvalue weighted by molar-refractivity contribution is 5.84. The van der Waals surface area contributed by atoms with Gasteiger partial charge in [0.25, 0.3) is 0 Å². The summed E-state index contributed by atoms with van der Waals surface area (Å²) in [6.45, 7) is 9.68. The molecule has 0 aliphatic carbocycles. The van der Waals surface area contributed by atoms with Crippen molar-refractivity contribution in [1.82, 2.24) is 5.32 Å². The molecule has 0 saturated carbocycles. The zero-order valence-corrected chi connectivity index (χ0v) is 10.3. The monoisotopic (exact) mass is 216 g/mol. The topological polar surface area (TPSA) is 64.3 Å². The molecule has 0 saturated heterocycles. The van der Waals surface area contributed by atoms with Gasteiger partial charge in [0.05, 0.1) is 5.54 Å². The Morgan fingerprint density at radius 2 is 2.07 bits per heavy atom. The van der Waals surface area contributed by atoms with Gasteiger partial charge in [-0.15, -0.1) is 0 Å². The zero-order chi connectivity index (χ0) is 11.9. The Morgan fingerprint density at radius 1 is 1.47 bits per heavy atom. The van der Waals surface area contributed by atoms with Gasteiger partial charge in [-0.25, -0.2) is 0 Å². The fourth-order valence-corrected chi connectivity index (χ4v) is 0.923. The number of hydrogen-bond donors (Lipinski definition) is 2. The summed E-state index contributed by atoms with van der Waals surface area (Å²) in [7, 11) is 0. The summed E-state index contributed by atoms with van der Waals surface area (Å²) in [6.07, 6.45) is 0.828. The molecule has 0 fully saturated rings. The van der Waals surface area contributed by atoms with Crippen LogP contribution in [0.4, 0.5) is 0 Å². The summed E-state index contributed by atoms with van der Waals surface area (Å²) < 4.78 is 5.38. The van der Waals surface area contributed by atoms with E-state index in [0.717, 1.165) is 13.0 Å². The lowest BCUT2D eigenvalue weighted by Gasteiger charge is -2.17. The lowest BCUT2D eigenvalue weighted by Crippen LogP contribution is -2.49. The van der Waals surface area contributed by atoms with Crippen LogP contribution in [0.15, 0.2) is 0 Å². The Hall–Kier alpha value is -0.610. The zero-order valence-electron chi connectivity index (χ0n) is 10.3. The van der Waals surface area contributed by atoms with E-state index >= 15 is 0 Å². The van der Waals surface area contributed by atoms with Crippen LogP contribution in [0.25, 0.3) is 0 Å². The summed E-state index contributed by atoms with van der Waals surface area (Å²) in [5.74, 6) is 0.439. The molecule has 0 aliphatic rings. The largest absolute Gasteiger partial charge is 0.381 e. The smallest absolute Gasteiger partial charge is 0.239 e. The molecule has 0 aliphatic heterocycles. The first-order valence-electron chi connectivity index (χ1n) is 5.49. The molecule has 0 aromatic heterocycles. The minimum absolute atomic E-state index is 0.119. The van der Waals surface area contributed by atoms with Crippen molar-refractivity contribution in [3.63, 3.8) is 0 Å². The van der Waals surface area contributed by atoms with Crippen LogP contribution in [-0.4, -0.2) is 31.2 Å². The molecule has 0 bridgehead atoms. The second-order valence-electron chi connectivity index (χ2n) is 4.80. The number of nitrogens with two attached hydrogens (primary N) is 1. The van der Waals surface area contributed by atoms with E-state index in [2.05, 4.69) is 19.2 Å². The van der Waals surface area contributed by atoms with E-state index in [0.29, 0.717) is 19.1 Å². The van der Waals surface area contributed by atoms with E-state index in [1.54, 1.807) is 13.8 Å². The van der Waals surface area contributed by atoms with Crippen molar-refractivity contribution in [2.45, 2.75) is 39.7 Å². The number of carbonyl (C=O) groups is 1. The van der Waals surface area contributed by atoms with Crippen LogP contribution in [0, 0.1) is 5.92 Å². The van der Waals surface area contributed by atoms with Crippen LogP contribution in [0.3, 0.4) is 0 Å². The Morgan fingerprint density at radius 3 is 2.53 bits per heavy atom. The minimum atomic E-state index is -0.793. The molecular weight excluding hydrogens is 192 g/mol. The summed E-state index contributed by atoms with van der Waals surface area (Å²) >= 11 is 0. The molecule has 0 aromatic rings. The highest BCUT2D eigenvalue weighted by Crippen LogP contribution is 1.96. The Labute approximate surface area is 92.6 Å². The van der Waals surface area contributed by atoms with Crippen LogP contribution in [-0.2, 0) is 9.53 Å². The predicted molar refractivity (Wildman–Crippen MR) is 61.6 cm³/mol. The van der Waals surface area contributed by atoms with Crippen LogP contribution in [0.1, 0.15) is 34.1 Å². The molecule has 0 spiro atoms. The van der Waals surface area contributed by atoms with Crippen molar-refractivity contribution in [3.05, 3.63) is 0 Å². The lowest BCUT2D eigenvalue weighted by molar-refractivity contribution is -0.125. The fraction of sp³-hybridized carbons (Fsp3) is 0.909. The van der Waals surface area contributed by atoms with E-state index in [9.17, 15) is 4.79 Å². The maximum atomic E-state index is 11.3. The summed E-state index contributed by atoms with van der Waals surface area (Å²) in [4.78, 5) is 11.3. The highest BCUT2D eigenvalue weighted by Gasteiger charge is 2.20. The van der Waals surface area contributed by atoms with Gasteiger partial charge < -0.3 is 15.8 Å². The molecule has 0 rings (SSSR count). The maximum Gasteiger partial charge on any atom is 0.239 e. The van der Waals surface area contributed by atoms with Gasteiger partial charge in [-0.1, -0.05) is 13.8 Å². The Kier molecular flexibility index (Phi) is 6.52. The second-order valence-corrected chi connectivity index (χ2v) is 4.80. The predicted octanol–water partition coefficient (Wildman–Crippen LogP) is 0.903. The van der Waals surface area contributed by atoms with Crippen molar-refractivity contribution >= 4 is 5.91 Å². The molecule has 0 radical (unpaired) electrons. The third kappa shape index (κ3) is 8.39. The summed E-state index contributed by atoms with van der Waals surface area (Å²) in [5, 5.41) is 2.77. The van der Waals surface area contributed by atoms with Gasteiger partial charge in [0.1, 0.15) is 0 Å². The maximum absolute atomic E-state index is 11.3. The fourth-order valence-electron chi connectivity index (χ4n) is 0.923. The summed E-state index contributed by atoms with van der Waals surface area (Å²) in [6, 6.07) is 0. The van der Waals surface area contributed by atoms with Gasteiger partial charge in [-0.05, 0) is 26.2 Å². The van der Waals surface area contributed by atoms with E-state index in [1.807, 2.05) is 0 Å². The molecule has 4 heteroatoms. The van der Waals surface area contributed by atoms with E-state index in [4.69, 9.17) is 10.5 Å². The number of ether oxygens (including phenoxy) is 1. The van der Waals surface area contributed by atoms with Gasteiger partial charge in [-0.2, -0.15) is 0 Å². The Balaban J connectivity index is 3.36. The third-order valence-electron chi connectivity index (χ3n) is 1.79. The Bertz CT molecular complexity index is 186. The van der Waals surface area contributed by atoms with Crippen molar-refractivity contribution in [2.24, 2.45) is 11.7 Å². The molecule has 90 valence electrons. The molecule has 0 heterocycles. The number of nitrogens with one attached hydrogen (secondary N) is 1. The molecule has 3 N–H and O–H groups in total. The molecule has 0 aromatic carbocycles. The van der Waals surface area contributed by atoms with Crippen molar-refractivity contribution < 1.29 is 9.53 Å². The normalized spacial score (nSPS) is 11.9. The average Bonchev–Trinajstić information content (AvgIpc) is 2.08. The van der Waals surface area contributed by atoms with Crippen molar-refractivity contribution in [1.29, 1.82) is 0 Å². The minimum Gasteiger partial charge on any atom is -0.381 e. The first kappa shape index (κ1) is 14.4. The van der Waals surface area contributed by atoms with Gasteiger partial charge in [0.2, 0.25) is 5.91 Å². The number of carbonyl (C=O) groups excluding carboxylic acids is 1. The van der Waals surface area contributed by atoms with E-state index in [-0.39, 0.29) is 5.91 Å². The first-order valence-corrected chi connectivity index (χ1v) is 5.49. The first-order chi connectivity index (χ1) is 6.84. The highest BCUT2D eigenvalue weighted by atomic mass is 16.5. The standard InChI is InChI=1S/C11H24N2O2/c1-9(2)8-15-7-5-6-13-10(14)11(3,4)12/h9H,5-8,12H2,1-4H3,(H,13,14). The number of hydrogen-bond acceptors (Lipinski definition) is 3. The molecule has 15 heavy (non-hydrogen) atoms. The van der Waals surface area contributed by atoms with Crippen LogP contribution >= 0.6 is 0 Å². The number of rotatable bonds is 7. The number of amides is 1. The molecule has 0 unspecified atom stereocenters. The molecular formula is C11H24N2O2. The van der Waals surface area contributed by atoms with Gasteiger partial charge in [-0.3, -0.25) is 4.79 Å². The van der Waals surface area contributed by atoms with E-state index in [1.165, 1.54) is 0 Å². The quantitative estimate of drug-likeness (QED) is 0.622. The van der Waals surface area contributed by atoms with Crippen molar-refractivity contribution in [3.8, 4) is 0 Å². The summed E-state index contributed by atoms with van der Waals surface area (Å²) in [5.41, 5.74) is 4.82. The van der Waals surface area contributed by atoms with Crippen LogP contribution < -0.4 is 11.1 Å². The SMILES string of the molecule is CC(C)COCCCNC(=O)C(C)(C)N. The van der Waals surface area contributed by atoms with Gasteiger partial charge >= 0.3 is 0 Å². The van der Waals surface area contributed by atoms with Crippen LogP contribution in [0.5, 0.6) is 0 Å². The molecule has 4 nitrogen and oxygen atoms in total. The van der Waals surface area contributed by atoms with Gasteiger partial charge in [0, 0.05) is 19.8 Å². The molecule has 0 atom stereocenters. The van der Waals surface area contributed by atoms with Crippen LogP contribution in [0.2, 0.25) is 0 Å². The second kappa shape index (κ2) is 6.80. The third-order valence-corrected chi connectivity index (χ3v) is 1.79. The average molecular weight is 216 g/mol.